The minimum absolute atomic E-state index is 0.0679. The van der Waals surface area contributed by atoms with Gasteiger partial charge in [0.05, 0.1) is 16.6 Å². The Balaban J connectivity index is 2.01. The van der Waals surface area contributed by atoms with Gasteiger partial charge in [-0.2, -0.15) is 5.10 Å². The number of thioether (sulfide) groups is 1. The predicted octanol–water partition coefficient (Wildman–Crippen LogP) is 4.30. The Hall–Kier alpha value is -1.07. The summed E-state index contributed by atoms with van der Waals surface area (Å²) in [5.41, 5.74) is 1.83. The number of fused-ring (bicyclic) bond motifs is 1. The Morgan fingerprint density at radius 2 is 2.20 bits per heavy atom. The normalized spacial score (nSPS) is 17.5. The van der Waals surface area contributed by atoms with Crippen LogP contribution in [-0.4, -0.2) is 21.3 Å². The second kappa shape index (κ2) is 5.37. The molecule has 1 aromatic heterocycles. The number of hydrogen-bond donors (Lipinski definition) is 0. The largest absolute Gasteiger partial charge is 0.292 e. The number of Topliss-reactive ketones (excluding diaryl/α,β-unsaturated/α-hetero) is 1. The smallest absolute Gasteiger partial charge is 0.190 e. The van der Waals surface area contributed by atoms with Crippen LogP contribution in [0.4, 0.5) is 0 Å². The van der Waals surface area contributed by atoms with Gasteiger partial charge in [-0.3, -0.25) is 9.48 Å². The molecule has 1 aliphatic rings. The van der Waals surface area contributed by atoms with Crippen molar-refractivity contribution in [1.82, 2.24) is 9.78 Å². The van der Waals surface area contributed by atoms with Crippen LogP contribution in [0, 0.1) is 0 Å². The van der Waals surface area contributed by atoms with E-state index in [0.717, 1.165) is 15.8 Å². The van der Waals surface area contributed by atoms with Crippen molar-refractivity contribution >= 4 is 33.5 Å². The summed E-state index contributed by atoms with van der Waals surface area (Å²) < 4.78 is 2.59. The number of nitrogens with zero attached hydrogens (tertiary/aromatic N) is 2. The quantitative estimate of drug-likeness (QED) is 0.774. The minimum atomic E-state index is -0.0679. The van der Waals surface area contributed by atoms with Crippen LogP contribution in [0.15, 0.2) is 39.8 Å². The zero-order chi connectivity index (χ0) is 14.3. The van der Waals surface area contributed by atoms with E-state index in [1.807, 2.05) is 26.0 Å². The highest BCUT2D eigenvalue weighted by Crippen LogP contribution is 2.41. The number of benzene rings is 1. The van der Waals surface area contributed by atoms with E-state index in [2.05, 4.69) is 33.2 Å². The molecule has 104 valence electrons. The molecule has 0 fully saturated rings. The Labute approximate surface area is 130 Å². The van der Waals surface area contributed by atoms with Crippen molar-refractivity contribution in [3.63, 3.8) is 0 Å². The topological polar surface area (TPSA) is 34.9 Å². The van der Waals surface area contributed by atoms with Crippen LogP contribution < -0.4 is 0 Å². The molecule has 0 N–H and O–H groups in total. The van der Waals surface area contributed by atoms with Crippen LogP contribution in [0.5, 0.6) is 0 Å². The van der Waals surface area contributed by atoms with Crippen LogP contribution >= 0.6 is 27.7 Å². The standard InChI is InChI=1S/C15H15BrN2OS/c1-9(2)18-14(12(16)7-17-18)15(19)11-8-20-13-6-4-3-5-10(11)13/h3-7,9,11H,8H2,1-2H3. The van der Waals surface area contributed by atoms with Gasteiger partial charge in [0, 0.05) is 16.7 Å². The first kappa shape index (κ1) is 13.9. The SMILES string of the molecule is CC(C)n1ncc(Br)c1C(=O)C1CSc2ccccc21. The number of hydrogen-bond acceptors (Lipinski definition) is 3. The summed E-state index contributed by atoms with van der Waals surface area (Å²) >= 11 is 5.22. The summed E-state index contributed by atoms with van der Waals surface area (Å²) in [6.45, 7) is 4.07. The van der Waals surface area contributed by atoms with Crippen molar-refractivity contribution in [3.05, 3.63) is 46.2 Å². The van der Waals surface area contributed by atoms with Gasteiger partial charge in [0.25, 0.3) is 0 Å². The van der Waals surface area contributed by atoms with E-state index in [4.69, 9.17) is 0 Å². The summed E-state index contributed by atoms with van der Waals surface area (Å²) in [5.74, 6) is 0.899. The van der Waals surface area contributed by atoms with Gasteiger partial charge in [0.2, 0.25) is 0 Å². The minimum Gasteiger partial charge on any atom is -0.292 e. The van der Waals surface area contributed by atoms with E-state index in [0.29, 0.717) is 5.69 Å². The highest BCUT2D eigenvalue weighted by Gasteiger charge is 2.33. The van der Waals surface area contributed by atoms with E-state index in [9.17, 15) is 4.79 Å². The summed E-state index contributed by atoms with van der Waals surface area (Å²) in [4.78, 5) is 14.1. The Morgan fingerprint density at radius 3 is 2.95 bits per heavy atom. The number of carbonyl (C=O) groups is 1. The lowest BCUT2D eigenvalue weighted by molar-refractivity contribution is 0.0955. The summed E-state index contributed by atoms with van der Waals surface area (Å²) in [6, 6.07) is 8.33. The lowest BCUT2D eigenvalue weighted by Crippen LogP contribution is -2.19. The zero-order valence-electron chi connectivity index (χ0n) is 11.3. The van der Waals surface area contributed by atoms with Gasteiger partial charge in [0.15, 0.2) is 5.78 Å². The van der Waals surface area contributed by atoms with E-state index in [1.54, 1.807) is 22.6 Å². The Morgan fingerprint density at radius 1 is 1.45 bits per heavy atom. The van der Waals surface area contributed by atoms with Gasteiger partial charge in [0.1, 0.15) is 5.69 Å². The first-order valence-corrected chi connectivity index (χ1v) is 8.36. The molecule has 1 atom stereocenters. The van der Waals surface area contributed by atoms with Gasteiger partial charge in [-0.15, -0.1) is 11.8 Å². The predicted molar refractivity (Wildman–Crippen MR) is 84.5 cm³/mol. The molecule has 0 bridgehead atoms. The van der Waals surface area contributed by atoms with E-state index in [-0.39, 0.29) is 17.7 Å². The molecule has 5 heteroatoms. The molecule has 20 heavy (non-hydrogen) atoms. The van der Waals surface area contributed by atoms with Crippen LogP contribution in [0.3, 0.4) is 0 Å². The third-order valence-electron chi connectivity index (χ3n) is 3.49. The zero-order valence-corrected chi connectivity index (χ0v) is 13.7. The molecular weight excluding hydrogens is 336 g/mol. The highest BCUT2D eigenvalue weighted by molar-refractivity contribution is 9.10. The average Bonchev–Trinajstić information content (AvgIpc) is 3.01. The molecule has 2 heterocycles. The molecule has 1 aromatic carbocycles. The second-order valence-electron chi connectivity index (χ2n) is 5.15. The maximum Gasteiger partial charge on any atom is 0.190 e. The van der Waals surface area contributed by atoms with Crippen molar-refractivity contribution < 1.29 is 4.79 Å². The van der Waals surface area contributed by atoms with E-state index >= 15 is 0 Å². The number of ketones is 1. The average molecular weight is 351 g/mol. The molecule has 3 nitrogen and oxygen atoms in total. The van der Waals surface area contributed by atoms with Crippen LogP contribution in [0.1, 0.15) is 41.9 Å². The van der Waals surface area contributed by atoms with Crippen molar-refractivity contribution in [2.75, 3.05) is 5.75 Å². The summed E-state index contributed by atoms with van der Waals surface area (Å²) in [7, 11) is 0. The molecule has 1 aliphatic heterocycles. The Bertz CT molecular complexity index is 666. The molecule has 2 aromatic rings. The lowest BCUT2D eigenvalue weighted by atomic mass is 9.95. The molecule has 1 unspecified atom stereocenters. The fourth-order valence-corrected chi connectivity index (χ4v) is 4.21. The first-order valence-electron chi connectivity index (χ1n) is 6.58. The van der Waals surface area contributed by atoms with Crippen molar-refractivity contribution in [1.29, 1.82) is 0 Å². The van der Waals surface area contributed by atoms with E-state index in [1.165, 1.54) is 4.90 Å². The van der Waals surface area contributed by atoms with Crippen LogP contribution in [-0.2, 0) is 0 Å². The maximum atomic E-state index is 12.9. The van der Waals surface area contributed by atoms with Crippen molar-refractivity contribution in [2.24, 2.45) is 0 Å². The maximum absolute atomic E-state index is 12.9. The number of rotatable bonds is 3. The van der Waals surface area contributed by atoms with Crippen LogP contribution in [0.2, 0.25) is 0 Å². The first-order chi connectivity index (χ1) is 9.59. The van der Waals surface area contributed by atoms with Crippen molar-refractivity contribution in [2.45, 2.75) is 30.7 Å². The van der Waals surface area contributed by atoms with Gasteiger partial charge in [-0.05, 0) is 41.4 Å². The molecule has 0 amide bonds. The number of carbonyl (C=O) groups excluding carboxylic acids is 1. The molecule has 0 saturated heterocycles. The van der Waals surface area contributed by atoms with Gasteiger partial charge >= 0.3 is 0 Å². The van der Waals surface area contributed by atoms with Crippen molar-refractivity contribution in [3.8, 4) is 0 Å². The molecule has 0 aliphatic carbocycles. The monoisotopic (exact) mass is 350 g/mol. The molecule has 0 radical (unpaired) electrons. The third kappa shape index (κ3) is 2.23. The van der Waals surface area contributed by atoms with Gasteiger partial charge in [-0.25, -0.2) is 0 Å². The second-order valence-corrected chi connectivity index (χ2v) is 7.06. The van der Waals surface area contributed by atoms with Crippen LogP contribution in [0.25, 0.3) is 0 Å². The molecule has 0 saturated carbocycles. The fraction of sp³-hybridized carbons (Fsp3) is 0.333. The number of aromatic nitrogens is 2. The Kier molecular flexibility index (Phi) is 3.73. The van der Waals surface area contributed by atoms with Gasteiger partial charge in [-0.1, -0.05) is 18.2 Å². The third-order valence-corrected chi connectivity index (χ3v) is 5.25. The molecular formula is C15H15BrN2OS. The molecule has 0 spiro atoms. The van der Waals surface area contributed by atoms with E-state index < -0.39 is 0 Å². The molecule has 3 rings (SSSR count). The summed E-state index contributed by atoms with van der Waals surface area (Å²) in [5, 5.41) is 4.31. The fourth-order valence-electron chi connectivity index (χ4n) is 2.51. The van der Waals surface area contributed by atoms with Gasteiger partial charge < -0.3 is 0 Å². The highest BCUT2D eigenvalue weighted by atomic mass is 79.9. The number of halogens is 1. The summed E-state index contributed by atoms with van der Waals surface area (Å²) in [6.07, 6.45) is 1.71. The lowest BCUT2D eigenvalue weighted by Gasteiger charge is -2.14.